The Morgan fingerprint density at radius 2 is 1.87 bits per heavy atom. The van der Waals surface area contributed by atoms with Crippen molar-refractivity contribution < 1.29 is 14.3 Å². The van der Waals surface area contributed by atoms with Crippen LogP contribution in [-0.2, 0) is 11.3 Å². The van der Waals surface area contributed by atoms with Gasteiger partial charge in [-0.2, -0.15) is 4.98 Å². The summed E-state index contributed by atoms with van der Waals surface area (Å²) in [6.45, 7) is 6.31. The highest BCUT2D eigenvalue weighted by atomic mass is 32.2. The fourth-order valence-electron chi connectivity index (χ4n) is 3.21. The van der Waals surface area contributed by atoms with Crippen molar-refractivity contribution in [1.82, 2.24) is 14.5 Å². The number of carbonyl (C=O) groups excluding carboxylic acids is 1. The lowest BCUT2D eigenvalue weighted by Gasteiger charge is -2.14. The molecule has 2 heterocycles. The van der Waals surface area contributed by atoms with Gasteiger partial charge < -0.3 is 19.4 Å². The van der Waals surface area contributed by atoms with E-state index < -0.39 is 0 Å². The quantitative estimate of drug-likeness (QED) is 0.456. The number of carbonyl (C=O) groups is 1. The summed E-state index contributed by atoms with van der Waals surface area (Å²) in [5.41, 5.74) is 2.53. The maximum atomic E-state index is 12.6. The van der Waals surface area contributed by atoms with E-state index in [2.05, 4.69) is 15.3 Å². The lowest BCUT2D eigenvalue weighted by molar-refractivity contribution is -0.113. The summed E-state index contributed by atoms with van der Waals surface area (Å²) in [6.07, 6.45) is 0. The van der Waals surface area contributed by atoms with Crippen LogP contribution in [0.25, 0.3) is 11.0 Å². The molecule has 1 aromatic carbocycles. The van der Waals surface area contributed by atoms with E-state index in [1.807, 2.05) is 31.4 Å². The fraction of sp³-hybridized carbons (Fsp3) is 0.333. The third-order valence-electron chi connectivity index (χ3n) is 4.54. The molecule has 3 rings (SSSR count). The van der Waals surface area contributed by atoms with Crippen LogP contribution in [0.1, 0.15) is 18.2 Å². The van der Waals surface area contributed by atoms with Gasteiger partial charge in [-0.3, -0.25) is 9.59 Å². The number of benzene rings is 1. The minimum absolute atomic E-state index is 0.0943. The Morgan fingerprint density at radius 3 is 2.53 bits per heavy atom. The molecule has 0 fully saturated rings. The Hall–Kier alpha value is -3.07. The van der Waals surface area contributed by atoms with Crippen LogP contribution < -0.4 is 20.3 Å². The molecule has 0 spiro atoms. The second kappa shape index (κ2) is 9.17. The van der Waals surface area contributed by atoms with E-state index >= 15 is 0 Å². The zero-order chi connectivity index (χ0) is 21.8. The topological polar surface area (TPSA) is 95.3 Å². The first kappa shape index (κ1) is 21.6. The van der Waals surface area contributed by atoms with Crippen LogP contribution in [0.15, 0.2) is 34.2 Å². The molecule has 158 valence electrons. The van der Waals surface area contributed by atoms with Gasteiger partial charge in [0.15, 0.2) is 16.7 Å². The van der Waals surface area contributed by atoms with Gasteiger partial charge in [0.25, 0.3) is 5.56 Å². The number of thioether (sulfide) groups is 1. The number of rotatable bonds is 7. The SMILES string of the molecule is CCn1c(SCC(=O)Nc2ccc(OC)c(OC)c2)nc(=O)c2c(C)cc(C)nc21. The molecule has 0 atom stereocenters. The van der Waals surface area contributed by atoms with Crippen LogP contribution in [0.5, 0.6) is 11.5 Å². The number of pyridine rings is 1. The van der Waals surface area contributed by atoms with Gasteiger partial charge in [-0.1, -0.05) is 11.8 Å². The molecule has 1 amide bonds. The van der Waals surface area contributed by atoms with Crippen LogP contribution in [-0.4, -0.2) is 40.4 Å². The number of anilines is 1. The van der Waals surface area contributed by atoms with Crippen LogP contribution >= 0.6 is 11.8 Å². The molecule has 3 aromatic rings. The van der Waals surface area contributed by atoms with Gasteiger partial charge >= 0.3 is 0 Å². The summed E-state index contributed by atoms with van der Waals surface area (Å²) < 4.78 is 12.3. The first-order valence-corrected chi connectivity index (χ1v) is 10.4. The van der Waals surface area contributed by atoms with Gasteiger partial charge in [-0.05, 0) is 44.5 Å². The minimum atomic E-state index is -0.331. The second-order valence-electron chi connectivity index (χ2n) is 6.63. The molecule has 0 radical (unpaired) electrons. The number of nitrogens with zero attached hydrogens (tertiary/aromatic N) is 3. The molecule has 0 bridgehead atoms. The molecular formula is C21H24N4O4S. The van der Waals surface area contributed by atoms with E-state index in [0.29, 0.717) is 39.9 Å². The number of methoxy groups -OCH3 is 2. The number of fused-ring (bicyclic) bond motifs is 1. The van der Waals surface area contributed by atoms with E-state index in [1.54, 1.807) is 25.3 Å². The van der Waals surface area contributed by atoms with E-state index in [0.717, 1.165) is 11.3 Å². The molecule has 2 aromatic heterocycles. The van der Waals surface area contributed by atoms with E-state index in [9.17, 15) is 9.59 Å². The summed E-state index contributed by atoms with van der Waals surface area (Å²) in [7, 11) is 3.08. The number of nitrogens with one attached hydrogen (secondary N) is 1. The third-order valence-corrected chi connectivity index (χ3v) is 5.52. The Bertz CT molecular complexity index is 1160. The van der Waals surface area contributed by atoms with E-state index in [4.69, 9.17) is 9.47 Å². The predicted molar refractivity (Wildman–Crippen MR) is 118 cm³/mol. The van der Waals surface area contributed by atoms with Crippen molar-refractivity contribution in [1.29, 1.82) is 0 Å². The number of aryl methyl sites for hydroxylation is 3. The summed E-state index contributed by atoms with van der Waals surface area (Å²) in [5.74, 6) is 0.973. The number of amides is 1. The third kappa shape index (κ3) is 4.40. The Kier molecular flexibility index (Phi) is 6.61. The van der Waals surface area contributed by atoms with Crippen molar-refractivity contribution in [2.24, 2.45) is 0 Å². The fourth-order valence-corrected chi connectivity index (χ4v) is 4.06. The molecule has 30 heavy (non-hydrogen) atoms. The molecule has 0 unspecified atom stereocenters. The molecule has 0 aliphatic rings. The van der Waals surface area contributed by atoms with Crippen molar-refractivity contribution in [3.05, 3.63) is 45.9 Å². The molecule has 0 saturated carbocycles. The average Bonchev–Trinajstić information content (AvgIpc) is 2.71. The summed E-state index contributed by atoms with van der Waals surface area (Å²) in [5, 5.41) is 3.80. The van der Waals surface area contributed by atoms with Gasteiger partial charge in [0.2, 0.25) is 5.91 Å². The van der Waals surface area contributed by atoms with Crippen LogP contribution in [0.4, 0.5) is 5.69 Å². The predicted octanol–water partition coefficient (Wildman–Crippen LogP) is 3.18. The summed E-state index contributed by atoms with van der Waals surface area (Å²) in [4.78, 5) is 33.8. The second-order valence-corrected chi connectivity index (χ2v) is 7.57. The number of ether oxygens (including phenoxy) is 2. The smallest absolute Gasteiger partial charge is 0.283 e. The van der Waals surface area contributed by atoms with Crippen molar-refractivity contribution >= 4 is 34.4 Å². The molecule has 8 nitrogen and oxygen atoms in total. The Labute approximate surface area is 178 Å². The molecular weight excluding hydrogens is 404 g/mol. The summed E-state index contributed by atoms with van der Waals surface area (Å²) in [6, 6.07) is 7.01. The van der Waals surface area contributed by atoms with Gasteiger partial charge in [-0.25, -0.2) is 4.98 Å². The van der Waals surface area contributed by atoms with Crippen molar-refractivity contribution in [3.8, 4) is 11.5 Å². The monoisotopic (exact) mass is 428 g/mol. The van der Waals surface area contributed by atoms with Gasteiger partial charge in [0.1, 0.15) is 5.65 Å². The lowest BCUT2D eigenvalue weighted by atomic mass is 10.2. The highest BCUT2D eigenvalue weighted by Crippen LogP contribution is 2.30. The number of hydrogen-bond acceptors (Lipinski definition) is 7. The maximum Gasteiger partial charge on any atom is 0.283 e. The molecule has 0 aliphatic carbocycles. The Morgan fingerprint density at radius 1 is 1.13 bits per heavy atom. The van der Waals surface area contributed by atoms with Gasteiger partial charge in [0.05, 0.1) is 25.4 Å². The first-order valence-electron chi connectivity index (χ1n) is 9.41. The van der Waals surface area contributed by atoms with Crippen LogP contribution in [0.2, 0.25) is 0 Å². The van der Waals surface area contributed by atoms with E-state index in [1.165, 1.54) is 18.9 Å². The van der Waals surface area contributed by atoms with Crippen LogP contribution in [0, 0.1) is 13.8 Å². The molecule has 1 N–H and O–H groups in total. The zero-order valence-electron chi connectivity index (χ0n) is 17.6. The van der Waals surface area contributed by atoms with Crippen molar-refractivity contribution in [3.63, 3.8) is 0 Å². The Balaban J connectivity index is 1.82. The standard InChI is InChI=1S/C21H24N4O4S/c1-6-25-19-18(12(2)9-13(3)22-19)20(27)24-21(25)30-11-17(26)23-14-7-8-15(28-4)16(10-14)29-5/h7-10H,6,11H2,1-5H3,(H,23,26). The van der Waals surface area contributed by atoms with Gasteiger partial charge in [0, 0.05) is 24.0 Å². The maximum absolute atomic E-state index is 12.6. The highest BCUT2D eigenvalue weighted by Gasteiger charge is 2.16. The molecule has 0 saturated heterocycles. The highest BCUT2D eigenvalue weighted by molar-refractivity contribution is 7.99. The van der Waals surface area contributed by atoms with E-state index in [-0.39, 0.29) is 17.2 Å². The largest absolute Gasteiger partial charge is 0.493 e. The normalized spacial score (nSPS) is 10.8. The summed E-state index contributed by atoms with van der Waals surface area (Å²) >= 11 is 1.20. The number of hydrogen-bond donors (Lipinski definition) is 1. The molecule has 9 heteroatoms. The van der Waals surface area contributed by atoms with Gasteiger partial charge in [-0.15, -0.1) is 0 Å². The van der Waals surface area contributed by atoms with Crippen molar-refractivity contribution in [2.75, 3.05) is 25.3 Å². The average molecular weight is 429 g/mol. The minimum Gasteiger partial charge on any atom is -0.493 e. The molecule has 0 aliphatic heterocycles. The first-order chi connectivity index (χ1) is 14.4. The zero-order valence-corrected chi connectivity index (χ0v) is 18.4. The number of aromatic nitrogens is 3. The van der Waals surface area contributed by atoms with Crippen molar-refractivity contribution in [2.45, 2.75) is 32.5 Å². The van der Waals surface area contributed by atoms with Crippen LogP contribution in [0.3, 0.4) is 0 Å². The lowest BCUT2D eigenvalue weighted by Crippen LogP contribution is -2.20.